The molecule has 1 fully saturated rings. The van der Waals surface area contributed by atoms with E-state index in [1.807, 2.05) is 0 Å². The van der Waals surface area contributed by atoms with Gasteiger partial charge in [0.15, 0.2) is 0 Å². The molecular formula is C15H29NO2. The van der Waals surface area contributed by atoms with Crippen molar-refractivity contribution in [3.63, 3.8) is 0 Å². The van der Waals surface area contributed by atoms with Gasteiger partial charge in [0.05, 0.1) is 0 Å². The van der Waals surface area contributed by atoms with Crippen LogP contribution in [0.15, 0.2) is 0 Å². The van der Waals surface area contributed by atoms with Crippen LogP contribution < -0.4 is 0 Å². The van der Waals surface area contributed by atoms with E-state index in [0.717, 1.165) is 13.0 Å². The summed E-state index contributed by atoms with van der Waals surface area (Å²) >= 11 is 0. The first-order valence-electron chi connectivity index (χ1n) is 7.45. The zero-order valence-corrected chi connectivity index (χ0v) is 12.2. The highest BCUT2D eigenvalue weighted by Gasteiger charge is 2.41. The summed E-state index contributed by atoms with van der Waals surface area (Å²) in [6.45, 7) is 10.2. The Labute approximate surface area is 112 Å². The van der Waals surface area contributed by atoms with Crippen LogP contribution in [-0.2, 0) is 4.79 Å². The molecule has 1 atom stereocenters. The van der Waals surface area contributed by atoms with Gasteiger partial charge in [-0.2, -0.15) is 0 Å². The van der Waals surface area contributed by atoms with Crippen molar-refractivity contribution in [2.24, 2.45) is 11.3 Å². The maximum atomic E-state index is 10.5. The molecule has 0 aromatic carbocycles. The van der Waals surface area contributed by atoms with Gasteiger partial charge in [0.25, 0.3) is 0 Å². The number of carboxylic acid groups (broad SMARTS) is 1. The van der Waals surface area contributed by atoms with Gasteiger partial charge in [0.1, 0.15) is 0 Å². The fourth-order valence-electron chi connectivity index (χ4n) is 3.44. The van der Waals surface area contributed by atoms with Crippen molar-refractivity contribution in [3.05, 3.63) is 0 Å². The molecule has 0 radical (unpaired) electrons. The molecule has 3 nitrogen and oxygen atoms in total. The monoisotopic (exact) mass is 255 g/mol. The van der Waals surface area contributed by atoms with E-state index in [9.17, 15) is 4.79 Å². The lowest BCUT2D eigenvalue weighted by Gasteiger charge is -2.51. The van der Waals surface area contributed by atoms with E-state index in [1.54, 1.807) is 0 Å². The van der Waals surface area contributed by atoms with Crippen LogP contribution in [-0.4, -0.2) is 35.6 Å². The zero-order chi connectivity index (χ0) is 13.6. The standard InChI is InChI=1S/C15H29NO2/c1-4-8-15(9-5-2)11-16(12-15)10-13(3)6-7-14(17)18/h13H,4-12H2,1-3H3,(H,17,18). The Morgan fingerprint density at radius 2 is 1.83 bits per heavy atom. The Balaban J connectivity index is 2.25. The van der Waals surface area contributed by atoms with Crippen LogP contribution in [0.5, 0.6) is 0 Å². The molecule has 0 spiro atoms. The lowest BCUT2D eigenvalue weighted by molar-refractivity contribution is -0.137. The molecule has 106 valence electrons. The Kier molecular flexibility index (Phi) is 6.13. The fourth-order valence-corrected chi connectivity index (χ4v) is 3.44. The second kappa shape index (κ2) is 7.13. The van der Waals surface area contributed by atoms with Gasteiger partial charge in [-0.25, -0.2) is 0 Å². The number of rotatable bonds is 9. The van der Waals surface area contributed by atoms with Crippen molar-refractivity contribution in [1.29, 1.82) is 0 Å². The molecule has 1 rings (SSSR count). The second-order valence-corrected chi connectivity index (χ2v) is 6.21. The Bertz CT molecular complexity index is 251. The molecule has 18 heavy (non-hydrogen) atoms. The smallest absolute Gasteiger partial charge is 0.303 e. The summed E-state index contributed by atoms with van der Waals surface area (Å²) in [7, 11) is 0. The van der Waals surface area contributed by atoms with Crippen LogP contribution in [0.1, 0.15) is 59.3 Å². The number of nitrogens with zero attached hydrogens (tertiary/aromatic N) is 1. The summed E-state index contributed by atoms with van der Waals surface area (Å²) in [6.07, 6.45) is 6.37. The van der Waals surface area contributed by atoms with Gasteiger partial charge in [0.2, 0.25) is 0 Å². The minimum atomic E-state index is -0.670. The average Bonchev–Trinajstić information content (AvgIpc) is 2.24. The van der Waals surface area contributed by atoms with E-state index < -0.39 is 5.97 Å². The number of carboxylic acids is 1. The van der Waals surface area contributed by atoms with E-state index in [1.165, 1.54) is 38.8 Å². The molecule has 3 heteroatoms. The minimum absolute atomic E-state index is 0.310. The lowest BCUT2D eigenvalue weighted by Crippen LogP contribution is -2.57. The predicted molar refractivity (Wildman–Crippen MR) is 74.7 cm³/mol. The highest BCUT2D eigenvalue weighted by Crippen LogP contribution is 2.39. The third-order valence-electron chi connectivity index (χ3n) is 4.10. The lowest BCUT2D eigenvalue weighted by atomic mass is 9.72. The van der Waals surface area contributed by atoms with Crippen molar-refractivity contribution in [1.82, 2.24) is 4.90 Å². The molecule has 0 amide bonds. The van der Waals surface area contributed by atoms with Gasteiger partial charge < -0.3 is 10.0 Å². The van der Waals surface area contributed by atoms with E-state index in [4.69, 9.17) is 5.11 Å². The third-order valence-corrected chi connectivity index (χ3v) is 4.10. The minimum Gasteiger partial charge on any atom is -0.481 e. The van der Waals surface area contributed by atoms with Crippen molar-refractivity contribution in [2.75, 3.05) is 19.6 Å². The van der Waals surface area contributed by atoms with Gasteiger partial charge in [-0.3, -0.25) is 4.79 Å². The van der Waals surface area contributed by atoms with Crippen LogP contribution in [0.3, 0.4) is 0 Å². The second-order valence-electron chi connectivity index (χ2n) is 6.21. The Morgan fingerprint density at radius 1 is 1.28 bits per heavy atom. The van der Waals surface area contributed by atoms with Gasteiger partial charge in [-0.1, -0.05) is 33.6 Å². The maximum Gasteiger partial charge on any atom is 0.303 e. The van der Waals surface area contributed by atoms with Crippen LogP contribution in [0, 0.1) is 11.3 Å². The Morgan fingerprint density at radius 3 is 2.28 bits per heavy atom. The first kappa shape index (κ1) is 15.5. The summed E-state index contributed by atoms with van der Waals surface area (Å²) in [4.78, 5) is 13.0. The molecule has 1 saturated heterocycles. The molecule has 0 aliphatic carbocycles. The van der Waals surface area contributed by atoms with Gasteiger partial charge in [-0.05, 0) is 30.6 Å². The van der Waals surface area contributed by atoms with Crippen LogP contribution in [0.2, 0.25) is 0 Å². The molecule has 0 bridgehead atoms. The quantitative estimate of drug-likeness (QED) is 0.686. The number of aliphatic carboxylic acids is 1. The summed E-state index contributed by atoms with van der Waals surface area (Å²) in [5, 5.41) is 8.68. The van der Waals surface area contributed by atoms with E-state index in [-0.39, 0.29) is 0 Å². The number of hydrogen-bond acceptors (Lipinski definition) is 2. The molecule has 1 aliphatic heterocycles. The molecule has 0 aromatic heterocycles. The largest absolute Gasteiger partial charge is 0.481 e. The molecule has 1 N–H and O–H groups in total. The normalized spacial score (nSPS) is 20.4. The number of carbonyl (C=O) groups is 1. The predicted octanol–water partition coefficient (Wildman–Crippen LogP) is 3.39. The summed E-state index contributed by atoms with van der Waals surface area (Å²) in [5.41, 5.74) is 0.579. The third kappa shape index (κ3) is 4.60. The number of hydrogen-bond donors (Lipinski definition) is 1. The maximum absolute atomic E-state index is 10.5. The highest BCUT2D eigenvalue weighted by atomic mass is 16.4. The topological polar surface area (TPSA) is 40.5 Å². The van der Waals surface area contributed by atoms with Gasteiger partial charge >= 0.3 is 5.97 Å². The van der Waals surface area contributed by atoms with Gasteiger partial charge in [-0.15, -0.1) is 0 Å². The van der Waals surface area contributed by atoms with Gasteiger partial charge in [0, 0.05) is 26.1 Å². The van der Waals surface area contributed by atoms with Crippen molar-refractivity contribution < 1.29 is 9.90 Å². The molecular weight excluding hydrogens is 226 g/mol. The highest BCUT2D eigenvalue weighted by molar-refractivity contribution is 5.66. The van der Waals surface area contributed by atoms with E-state index >= 15 is 0 Å². The SMILES string of the molecule is CCCC1(CCC)CN(CC(C)CCC(=O)O)C1. The molecule has 0 saturated carbocycles. The van der Waals surface area contributed by atoms with Crippen molar-refractivity contribution in [3.8, 4) is 0 Å². The first-order valence-corrected chi connectivity index (χ1v) is 7.45. The van der Waals surface area contributed by atoms with Crippen molar-refractivity contribution >= 4 is 5.97 Å². The number of likely N-dealkylation sites (tertiary alicyclic amines) is 1. The van der Waals surface area contributed by atoms with Crippen molar-refractivity contribution in [2.45, 2.75) is 59.3 Å². The molecule has 1 heterocycles. The van der Waals surface area contributed by atoms with E-state index in [0.29, 0.717) is 17.8 Å². The van der Waals surface area contributed by atoms with E-state index in [2.05, 4.69) is 25.7 Å². The molecule has 1 aliphatic rings. The summed E-state index contributed by atoms with van der Waals surface area (Å²) in [5.74, 6) is -0.167. The summed E-state index contributed by atoms with van der Waals surface area (Å²) in [6, 6.07) is 0. The first-order chi connectivity index (χ1) is 8.51. The van der Waals surface area contributed by atoms with Crippen LogP contribution in [0.4, 0.5) is 0 Å². The molecule has 0 aromatic rings. The Hall–Kier alpha value is -0.570. The molecule has 1 unspecified atom stereocenters. The summed E-state index contributed by atoms with van der Waals surface area (Å²) < 4.78 is 0. The van der Waals surface area contributed by atoms with Crippen LogP contribution in [0.25, 0.3) is 0 Å². The average molecular weight is 255 g/mol. The van der Waals surface area contributed by atoms with Crippen LogP contribution >= 0.6 is 0 Å². The zero-order valence-electron chi connectivity index (χ0n) is 12.2. The fraction of sp³-hybridized carbons (Fsp3) is 0.933.